The minimum absolute atomic E-state index is 0.0205. The predicted octanol–water partition coefficient (Wildman–Crippen LogP) is 4.46. The number of carbonyl (C=O) groups excluding carboxylic acids is 2. The molecule has 1 amide bonds. The summed E-state index contributed by atoms with van der Waals surface area (Å²) in [6.45, 7) is 1.70. The minimum Gasteiger partial charge on any atom is -0.452 e. The third kappa shape index (κ3) is 6.31. The fourth-order valence-electron chi connectivity index (χ4n) is 2.96. The molecule has 1 atom stereocenters. The SMILES string of the molecule is C[C@@H](CCc1ccccc1)NC(=O)COC(=O)c1ccc(C2SCCS2)cc1. The number of benzene rings is 2. The summed E-state index contributed by atoms with van der Waals surface area (Å²) in [6.07, 6.45) is 1.73. The Bertz CT molecular complexity index is 774. The van der Waals surface area contributed by atoms with Gasteiger partial charge in [-0.1, -0.05) is 42.5 Å². The topological polar surface area (TPSA) is 55.4 Å². The first-order valence-corrected chi connectivity index (χ1v) is 11.5. The summed E-state index contributed by atoms with van der Waals surface area (Å²) in [4.78, 5) is 24.2. The highest BCUT2D eigenvalue weighted by Crippen LogP contribution is 2.45. The van der Waals surface area contributed by atoms with Crippen molar-refractivity contribution in [2.45, 2.75) is 30.4 Å². The molecule has 1 N–H and O–H groups in total. The van der Waals surface area contributed by atoms with Crippen LogP contribution >= 0.6 is 23.5 Å². The van der Waals surface area contributed by atoms with Gasteiger partial charge in [0.25, 0.3) is 5.91 Å². The molecule has 148 valence electrons. The molecule has 0 spiro atoms. The lowest BCUT2D eigenvalue weighted by molar-refractivity contribution is -0.124. The van der Waals surface area contributed by atoms with E-state index in [1.54, 1.807) is 12.1 Å². The molecule has 1 heterocycles. The molecule has 1 saturated heterocycles. The van der Waals surface area contributed by atoms with Crippen LogP contribution in [0.4, 0.5) is 0 Å². The van der Waals surface area contributed by atoms with Crippen molar-refractivity contribution in [3.05, 3.63) is 71.3 Å². The van der Waals surface area contributed by atoms with Gasteiger partial charge in [-0.25, -0.2) is 4.79 Å². The van der Waals surface area contributed by atoms with E-state index in [1.165, 1.54) is 11.1 Å². The Kier molecular flexibility index (Phi) is 7.86. The number of hydrogen-bond acceptors (Lipinski definition) is 5. The molecule has 0 saturated carbocycles. The van der Waals surface area contributed by atoms with Crippen molar-refractivity contribution in [2.75, 3.05) is 18.1 Å². The summed E-state index contributed by atoms with van der Waals surface area (Å²) in [5, 5.41) is 2.88. The maximum absolute atomic E-state index is 12.2. The van der Waals surface area contributed by atoms with E-state index < -0.39 is 5.97 Å². The molecule has 2 aromatic rings. The van der Waals surface area contributed by atoms with Crippen LogP contribution in [-0.4, -0.2) is 36.0 Å². The summed E-state index contributed by atoms with van der Waals surface area (Å²) < 4.78 is 5.61. The van der Waals surface area contributed by atoms with Crippen LogP contribution in [0.3, 0.4) is 0 Å². The third-order valence-corrected chi connectivity index (χ3v) is 7.60. The van der Waals surface area contributed by atoms with Gasteiger partial charge >= 0.3 is 5.97 Å². The fourth-order valence-corrected chi connectivity index (χ4v) is 5.82. The monoisotopic (exact) mass is 415 g/mol. The normalized spacial score (nSPS) is 15.2. The largest absolute Gasteiger partial charge is 0.452 e. The molecule has 6 heteroatoms. The average molecular weight is 416 g/mol. The quantitative estimate of drug-likeness (QED) is 0.645. The van der Waals surface area contributed by atoms with Gasteiger partial charge in [0.15, 0.2) is 6.61 Å². The van der Waals surface area contributed by atoms with Crippen LogP contribution in [0.15, 0.2) is 54.6 Å². The van der Waals surface area contributed by atoms with Crippen molar-refractivity contribution in [3.8, 4) is 0 Å². The summed E-state index contributed by atoms with van der Waals surface area (Å²) in [7, 11) is 0. The molecule has 1 aliphatic rings. The number of thioether (sulfide) groups is 2. The molecule has 0 aliphatic carbocycles. The zero-order chi connectivity index (χ0) is 19.8. The number of amides is 1. The van der Waals surface area contributed by atoms with Gasteiger partial charge in [0.05, 0.1) is 10.1 Å². The molecular weight excluding hydrogens is 390 g/mol. The lowest BCUT2D eigenvalue weighted by Gasteiger charge is -2.14. The molecule has 28 heavy (non-hydrogen) atoms. The smallest absolute Gasteiger partial charge is 0.338 e. The molecule has 2 aromatic carbocycles. The van der Waals surface area contributed by atoms with Crippen LogP contribution in [0, 0.1) is 0 Å². The summed E-state index contributed by atoms with van der Waals surface area (Å²) in [6, 6.07) is 17.7. The molecule has 0 bridgehead atoms. The predicted molar refractivity (Wildman–Crippen MR) is 117 cm³/mol. The van der Waals surface area contributed by atoms with Crippen LogP contribution in [0.1, 0.15) is 39.4 Å². The Morgan fingerprint density at radius 2 is 1.75 bits per heavy atom. The molecule has 0 unspecified atom stereocenters. The van der Waals surface area contributed by atoms with Crippen molar-refractivity contribution in [1.29, 1.82) is 0 Å². The van der Waals surface area contributed by atoms with Gasteiger partial charge in [0, 0.05) is 17.5 Å². The van der Waals surface area contributed by atoms with E-state index in [0.29, 0.717) is 10.1 Å². The Labute approximate surface area is 174 Å². The summed E-state index contributed by atoms with van der Waals surface area (Å²) in [5.41, 5.74) is 2.93. The molecule has 0 radical (unpaired) electrons. The van der Waals surface area contributed by atoms with Crippen molar-refractivity contribution in [2.24, 2.45) is 0 Å². The van der Waals surface area contributed by atoms with Gasteiger partial charge in [-0.15, -0.1) is 23.5 Å². The minimum atomic E-state index is -0.467. The van der Waals surface area contributed by atoms with Gasteiger partial charge < -0.3 is 10.1 Å². The van der Waals surface area contributed by atoms with Gasteiger partial charge in [0.1, 0.15) is 0 Å². The standard InChI is InChI=1S/C22H25NO3S2/c1-16(7-8-17-5-3-2-4-6-17)23-20(24)15-26-21(25)18-9-11-19(12-10-18)22-27-13-14-28-22/h2-6,9-12,16,22H,7-8,13-15H2,1H3,(H,23,24)/t16-/m0/s1. The number of ether oxygens (including phenoxy) is 1. The number of carbonyl (C=O) groups is 2. The van der Waals surface area contributed by atoms with Crippen LogP contribution < -0.4 is 5.32 Å². The summed E-state index contributed by atoms with van der Waals surface area (Å²) in [5.74, 6) is 1.59. The van der Waals surface area contributed by atoms with Crippen LogP contribution in [-0.2, 0) is 16.0 Å². The van der Waals surface area contributed by atoms with Gasteiger partial charge in [-0.3, -0.25) is 4.79 Å². The Balaban J connectivity index is 1.39. The van der Waals surface area contributed by atoms with Crippen molar-refractivity contribution in [3.63, 3.8) is 0 Å². The number of nitrogens with one attached hydrogen (secondary N) is 1. The van der Waals surface area contributed by atoms with Gasteiger partial charge in [-0.2, -0.15) is 0 Å². The summed E-state index contributed by atoms with van der Waals surface area (Å²) >= 11 is 3.85. The van der Waals surface area contributed by atoms with Crippen LogP contribution in [0.2, 0.25) is 0 Å². The molecular formula is C22H25NO3S2. The second-order valence-electron chi connectivity index (χ2n) is 6.76. The van der Waals surface area contributed by atoms with E-state index in [9.17, 15) is 9.59 Å². The van der Waals surface area contributed by atoms with E-state index in [4.69, 9.17) is 4.74 Å². The molecule has 4 nitrogen and oxygen atoms in total. The highest BCUT2D eigenvalue weighted by atomic mass is 32.2. The number of rotatable bonds is 8. The van der Waals surface area contributed by atoms with Gasteiger partial charge in [0.2, 0.25) is 0 Å². The molecule has 3 rings (SSSR count). The van der Waals surface area contributed by atoms with E-state index in [2.05, 4.69) is 17.4 Å². The zero-order valence-corrected chi connectivity index (χ0v) is 17.6. The van der Waals surface area contributed by atoms with E-state index in [-0.39, 0.29) is 18.6 Å². The Morgan fingerprint density at radius 3 is 2.43 bits per heavy atom. The zero-order valence-electron chi connectivity index (χ0n) is 15.9. The maximum Gasteiger partial charge on any atom is 0.338 e. The second kappa shape index (κ2) is 10.6. The van der Waals surface area contributed by atoms with Crippen molar-refractivity contribution in [1.82, 2.24) is 5.32 Å². The number of hydrogen-bond donors (Lipinski definition) is 1. The second-order valence-corrected chi connectivity index (χ2v) is 9.49. The molecule has 1 aliphatic heterocycles. The molecule has 0 aromatic heterocycles. The average Bonchev–Trinajstić information content (AvgIpc) is 3.26. The van der Waals surface area contributed by atoms with Crippen LogP contribution in [0.25, 0.3) is 0 Å². The van der Waals surface area contributed by atoms with Crippen molar-refractivity contribution < 1.29 is 14.3 Å². The Morgan fingerprint density at radius 1 is 1.07 bits per heavy atom. The fraction of sp³-hybridized carbons (Fsp3) is 0.364. The van der Waals surface area contributed by atoms with E-state index in [0.717, 1.165) is 24.3 Å². The number of esters is 1. The lowest BCUT2D eigenvalue weighted by Crippen LogP contribution is -2.36. The maximum atomic E-state index is 12.2. The first-order chi connectivity index (χ1) is 13.6. The third-order valence-electron chi connectivity index (χ3n) is 4.49. The first-order valence-electron chi connectivity index (χ1n) is 9.45. The van der Waals surface area contributed by atoms with Gasteiger partial charge in [-0.05, 0) is 43.0 Å². The van der Waals surface area contributed by atoms with Crippen molar-refractivity contribution >= 4 is 35.4 Å². The van der Waals surface area contributed by atoms with E-state index in [1.807, 2.05) is 60.8 Å². The lowest BCUT2D eigenvalue weighted by atomic mass is 10.1. The molecule has 1 fully saturated rings. The van der Waals surface area contributed by atoms with Crippen LogP contribution in [0.5, 0.6) is 0 Å². The highest BCUT2D eigenvalue weighted by Gasteiger charge is 2.19. The highest BCUT2D eigenvalue weighted by molar-refractivity contribution is 8.19. The first kappa shape index (κ1) is 20.8. The number of aryl methyl sites for hydroxylation is 1. The Hall–Kier alpha value is -1.92. The van der Waals surface area contributed by atoms with E-state index >= 15 is 0 Å².